The van der Waals surface area contributed by atoms with Crippen LogP contribution >= 0.6 is 12.6 Å². The van der Waals surface area contributed by atoms with Crippen molar-refractivity contribution < 1.29 is 4.74 Å². The second-order valence-electron chi connectivity index (χ2n) is 4.92. The van der Waals surface area contributed by atoms with E-state index >= 15 is 0 Å². The zero-order chi connectivity index (χ0) is 15.4. The van der Waals surface area contributed by atoms with Crippen molar-refractivity contribution in [2.75, 3.05) is 12.9 Å². The van der Waals surface area contributed by atoms with Crippen molar-refractivity contribution in [3.8, 4) is 17.0 Å². The Hall–Kier alpha value is -2.27. The lowest BCUT2D eigenvalue weighted by molar-refractivity contribution is 0.415. The minimum absolute atomic E-state index is 0.0732. The number of thiol groups is 1. The minimum atomic E-state index is 0.0732. The Bertz CT molecular complexity index is 725. The molecule has 5 heteroatoms. The van der Waals surface area contributed by atoms with E-state index in [-0.39, 0.29) is 6.04 Å². The molecular formula is C17H17N3OS. The highest BCUT2D eigenvalue weighted by atomic mass is 32.1. The maximum atomic E-state index is 5.17. The van der Waals surface area contributed by atoms with Crippen LogP contribution in [0.5, 0.6) is 5.75 Å². The predicted octanol–water partition coefficient (Wildman–Crippen LogP) is 3.47. The van der Waals surface area contributed by atoms with Gasteiger partial charge in [-0.1, -0.05) is 35.5 Å². The molecule has 4 nitrogen and oxygen atoms in total. The van der Waals surface area contributed by atoms with Gasteiger partial charge in [-0.05, 0) is 29.8 Å². The van der Waals surface area contributed by atoms with Gasteiger partial charge >= 0.3 is 0 Å². The maximum Gasteiger partial charge on any atom is 0.118 e. The van der Waals surface area contributed by atoms with Crippen LogP contribution in [0.15, 0.2) is 60.8 Å². The van der Waals surface area contributed by atoms with Crippen LogP contribution in [-0.4, -0.2) is 27.9 Å². The Kier molecular flexibility index (Phi) is 4.44. The SMILES string of the molecule is COc1ccc(-c2cn(C(CS)c3ccccc3)nn2)cc1. The summed E-state index contributed by atoms with van der Waals surface area (Å²) < 4.78 is 7.04. The summed E-state index contributed by atoms with van der Waals surface area (Å²) >= 11 is 4.46. The van der Waals surface area contributed by atoms with Crippen molar-refractivity contribution >= 4 is 12.6 Å². The van der Waals surface area contributed by atoms with E-state index in [0.29, 0.717) is 5.75 Å². The van der Waals surface area contributed by atoms with Crippen molar-refractivity contribution in [2.45, 2.75) is 6.04 Å². The first kappa shape index (κ1) is 14.7. The largest absolute Gasteiger partial charge is 0.497 e. The Morgan fingerprint density at radius 1 is 1.09 bits per heavy atom. The van der Waals surface area contributed by atoms with Gasteiger partial charge in [0.05, 0.1) is 19.3 Å². The molecule has 0 fully saturated rings. The Morgan fingerprint density at radius 3 is 2.45 bits per heavy atom. The molecule has 3 aromatic rings. The molecule has 112 valence electrons. The van der Waals surface area contributed by atoms with Crippen LogP contribution in [0.3, 0.4) is 0 Å². The Labute approximate surface area is 135 Å². The molecule has 0 aliphatic heterocycles. The molecule has 0 bridgehead atoms. The summed E-state index contributed by atoms with van der Waals surface area (Å²) in [4.78, 5) is 0. The fourth-order valence-corrected chi connectivity index (χ4v) is 2.72. The Balaban J connectivity index is 1.88. The molecule has 0 saturated carbocycles. The zero-order valence-electron chi connectivity index (χ0n) is 12.3. The number of benzene rings is 2. The topological polar surface area (TPSA) is 39.9 Å². The van der Waals surface area contributed by atoms with E-state index in [1.165, 1.54) is 5.56 Å². The van der Waals surface area contributed by atoms with Gasteiger partial charge in [0.2, 0.25) is 0 Å². The first-order valence-corrected chi connectivity index (χ1v) is 7.67. The van der Waals surface area contributed by atoms with Gasteiger partial charge in [-0.3, -0.25) is 0 Å². The molecule has 0 radical (unpaired) electrons. The van der Waals surface area contributed by atoms with E-state index < -0.39 is 0 Å². The third-order valence-electron chi connectivity index (χ3n) is 3.57. The Morgan fingerprint density at radius 2 is 1.82 bits per heavy atom. The smallest absolute Gasteiger partial charge is 0.118 e. The minimum Gasteiger partial charge on any atom is -0.497 e. The fourth-order valence-electron chi connectivity index (χ4n) is 2.34. The molecular weight excluding hydrogens is 294 g/mol. The molecule has 0 N–H and O–H groups in total. The number of rotatable bonds is 5. The average Bonchev–Trinajstić information content (AvgIpc) is 3.06. The van der Waals surface area contributed by atoms with E-state index in [4.69, 9.17) is 4.74 Å². The van der Waals surface area contributed by atoms with Gasteiger partial charge in [-0.15, -0.1) is 5.10 Å². The molecule has 0 spiro atoms. The monoisotopic (exact) mass is 311 g/mol. The van der Waals surface area contributed by atoms with Crippen molar-refractivity contribution in [3.63, 3.8) is 0 Å². The predicted molar refractivity (Wildman–Crippen MR) is 90.4 cm³/mol. The molecule has 0 aliphatic carbocycles. The van der Waals surface area contributed by atoms with Crippen molar-refractivity contribution in [3.05, 3.63) is 66.4 Å². The summed E-state index contributed by atoms with van der Waals surface area (Å²) in [6.07, 6.45) is 1.95. The van der Waals surface area contributed by atoms with Gasteiger partial charge in [0.15, 0.2) is 0 Å². The summed E-state index contributed by atoms with van der Waals surface area (Å²) in [6, 6.07) is 18.1. The molecule has 1 unspecified atom stereocenters. The summed E-state index contributed by atoms with van der Waals surface area (Å²) in [7, 11) is 1.66. The van der Waals surface area contributed by atoms with E-state index in [2.05, 4.69) is 35.1 Å². The fraction of sp³-hybridized carbons (Fsp3) is 0.176. The lowest BCUT2D eigenvalue weighted by atomic mass is 10.1. The second-order valence-corrected chi connectivity index (χ2v) is 5.29. The number of methoxy groups -OCH3 is 1. The third kappa shape index (κ3) is 2.99. The van der Waals surface area contributed by atoms with Gasteiger partial charge in [0.1, 0.15) is 11.4 Å². The van der Waals surface area contributed by atoms with Crippen LogP contribution in [-0.2, 0) is 0 Å². The number of ether oxygens (including phenoxy) is 1. The highest BCUT2D eigenvalue weighted by molar-refractivity contribution is 7.80. The van der Waals surface area contributed by atoms with Crippen LogP contribution in [0, 0.1) is 0 Å². The highest BCUT2D eigenvalue weighted by Crippen LogP contribution is 2.23. The first-order valence-electron chi connectivity index (χ1n) is 7.04. The van der Waals surface area contributed by atoms with Crippen molar-refractivity contribution in [1.29, 1.82) is 0 Å². The first-order chi connectivity index (χ1) is 10.8. The average molecular weight is 311 g/mol. The van der Waals surface area contributed by atoms with Crippen LogP contribution in [0.2, 0.25) is 0 Å². The molecule has 3 rings (SSSR count). The van der Waals surface area contributed by atoms with Crippen molar-refractivity contribution in [1.82, 2.24) is 15.0 Å². The highest BCUT2D eigenvalue weighted by Gasteiger charge is 2.14. The summed E-state index contributed by atoms with van der Waals surface area (Å²) in [5.41, 5.74) is 3.02. The summed E-state index contributed by atoms with van der Waals surface area (Å²) in [5, 5.41) is 8.54. The number of hydrogen-bond acceptors (Lipinski definition) is 4. The third-order valence-corrected chi connectivity index (χ3v) is 3.92. The number of aromatic nitrogens is 3. The number of nitrogens with zero attached hydrogens (tertiary/aromatic N) is 3. The van der Waals surface area contributed by atoms with Crippen LogP contribution in [0.25, 0.3) is 11.3 Å². The lowest BCUT2D eigenvalue weighted by Crippen LogP contribution is -2.12. The summed E-state index contributed by atoms with van der Waals surface area (Å²) in [6.45, 7) is 0. The van der Waals surface area contributed by atoms with Gasteiger partial charge in [-0.25, -0.2) is 4.68 Å². The van der Waals surface area contributed by atoms with E-state index in [0.717, 1.165) is 17.0 Å². The maximum absolute atomic E-state index is 5.17. The number of hydrogen-bond donors (Lipinski definition) is 1. The normalized spacial score (nSPS) is 12.1. The second kappa shape index (κ2) is 6.66. The van der Waals surface area contributed by atoms with Gasteiger partial charge < -0.3 is 4.74 Å². The van der Waals surface area contributed by atoms with Gasteiger partial charge in [0, 0.05) is 11.3 Å². The molecule has 0 aliphatic rings. The lowest BCUT2D eigenvalue weighted by Gasteiger charge is -2.14. The molecule has 0 amide bonds. The van der Waals surface area contributed by atoms with Crippen LogP contribution < -0.4 is 4.74 Å². The molecule has 0 saturated heterocycles. The standard InChI is InChI=1S/C17H17N3OS/c1-21-15-9-7-13(8-10-15)16-11-20(19-18-16)17(12-22)14-5-3-2-4-6-14/h2-11,17,22H,12H2,1H3. The molecule has 1 atom stereocenters. The van der Waals surface area contributed by atoms with Gasteiger partial charge in [-0.2, -0.15) is 12.6 Å². The van der Waals surface area contributed by atoms with Gasteiger partial charge in [0.25, 0.3) is 0 Å². The molecule has 1 aromatic heterocycles. The molecule has 2 aromatic carbocycles. The van der Waals surface area contributed by atoms with E-state index in [1.807, 2.05) is 53.3 Å². The van der Waals surface area contributed by atoms with E-state index in [9.17, 15) is 0 Å². The molecule has 22 heavy (non-hydrogen) atoms. The van der Waals surface area contributed by atoms with Crippen LogP contribution in [0.4, 0.5) is 0 Å². The van der Waals surface area contributed by atoms with E-state index in [1.54, 1.807) is 7.11 Å². The quantitative estimate of drug-likeness (QED) is 0.733. The van der Waals surface area contributed by atoms with Crippen molar-refractivity contribution in [2.24, 2.45) is 0 Å². The summed E-state index contributed by atoms with van der Waals surface area (Å²) in [5.74, 6) is 1.49. The van der Waals surface area contributed by atoms with Crippen LogP contribution in [0.1, 0.15) is 11.6 Å². The zero-order valence-corrected chi connectivity index (χ0v) is 13.1. The molecule has 1 heterocycles.